The Labute approximate surface area is 111 Å². The SMILES string of the molecule is COc1ccc(N)c(Nc2cccc(C)c2C#N)n1. The van der Waals surface area contributed by atoms with Crippen molar-refractivity contribution in [3.8, 4) is 11.9 Å². The van der Waals surface area contributed by atoms with Crippen molar-refractivity contribution in [3.63, 3.8) is 0 Å². The monoisotopic (exact) mass is 254 g/mol. The molecule has 1 aromatic carbocycles. The van der Waals surface area contributed by atoms with Gasteiger partial charge in [-0.05, 0) is 24.6 Å². The van der Waals surface area contributed by atoms with Crippen LogP contribution in [0.1, 0.15) is 11.1 Å². The zero-order valence-electron chi connectivity index (χ0n) is 10.8. The normalized spacial score (nSPS) is 9.74. The number of anilines is 3. The van der Waals surface area contributed by atoms with Crippen molar-refractivity contribution in [3.05, 3.63) is 41.5 Å². The number of hydrogen-bond acceptors (Lipinski definition) is 5. The average molecular weight is 254 g/mol. The van der Waals surface area contributed by atoms with E-state index < -0.39 is 0 Å². The second-order valence-corrected chi connectivity index (χ2v) is 4.03. The Balaban J connectivity index is 2.42. The molecule has 0 atom stereocenters. The molecule has 0 aliphatic rings. The lowest BCUT2D eigenvalue weighted by Crippen LogP contribution is -2.02. The van der Waals surface area contributed by atoms with Crippen molar-refractivity contribution >= 4 is 17.2 Å². The smallest absolute Gasteiger partial charge is 0.215 e. The molecular formula is C14H14N4O. The van der Waals surface area contributed by atoms with Gasteiger partial charge in [0.15, 0.2) is 5.82 Å². The topological polar surface area (TPSA) is 84.0 Å². The first kappa shape index (κ1) is 12.7. The van der Waals surface area contributed by atoms with Gasteiger partial charge in [-0.2, -0.15) is 10.2 Å². The zero-order chi connectivity index (χ0) is 13.8. The van der Waals surface area contributed by atoms with Gasteiger partial charge in [0.05, 0.1) is 24.0 Å². The summed E-state index contributed by atoms with van der Waals surface area (Å²) < 4.78 is 5.06. The first-order valence-corrected chi connectivity index (χ1v) is 5.73. The maximum absolute atomic E-state index is 9.18. The number of hydrogen-bond donors (Lipinski definition) is 2. The van der Waals surface area contributed by atoms with E-state index in [4.69, 9.17) is 10.5 Å². The third-order valence-electron chi connectivity index (χ3n) is 2.75. The highest BCUT2D eigenvalue weighted by atomic mass is 16.5. The molecule has 0 fully saturated rings. The van der Waals surface area contributed by atoms with Crippen LogP contribution in [-0.2, 0) is 0 Å². The van der Waals surface area contributed by atoms with E-state index in [1.54, 1.807) is 12.1 Å². The fraction of sp³-hybridized carbons (Fsp3) is 0.143. The Kier molecular flexibility index (Phi) is 3.53. The molecule has 0 spiro atoms. The number of nitrogen functional groups attached to an aromatic ring is 1. The number of nitrogens with two attached hydrogens (primary N) is 1. The lowest BCUT2D eigenvalue weighted by Gasteiger charge is -2.11. The lowest BCUT2D eigenvalue weighted by atomic mass is 10.1. The molecule has 0 bridgehead atoms. The largest absolute Gasteiger partial charge is 0.481 e. The van der Waals surface area contributed by atoms with Crippen molar-refractivity contribution in [1.82, 2.24) is 4.98 Å². The molecule has 3 N–H and O–H groups in total. The van der Waals surface area contributed by atoms with E-state index >= 15 is 0 Å². The average Bonchev–Trinajstić information content (AvgIpc) is 2.41. The van der Waals surface area contributed by atoms with Crippen molar-refractivity contribution in [2.75, 3.05) is 18.2 Å². The summed E-state index contributed by atoms with van der Waals surface area (Å²) in [5, 5.41) is 12.2. The molecule has 0 radical (unpaired) electrons. The molecule has 0 unspecified atom stereocenters. The van der Waals surface area contributed by atoms with Gasteiger partial charge in [-0.25, -0.2) is 0 Å². The number of methoxy groups -OCH3 is 1. The van der Waals surface area contributed by atoms with Crippen LogP contribution >= 0.6 is 0 Å². The summed E-state index contributed by atoms with van der Waals surface area (Å²) in [6.07, 6.45) is 0. The summed E-state index contributed by atoms with van der Waals surface area (Å²) in [7, 11) is 1.54. The fourth-order valence-electron chi connectivity index (χ4n) is 1.71. The van der Waals surface area contributed by atoms with E-state index in [1.807, 2.05) is 25.1 Å². The van der Waals surface area contributed by atoms with Crippen molar-refractivity contribution in [2.45, 2.75) is 6.92 Å². The second-order valence-electron chi connectivity index (χ2n) is 4.03. The van der Waals surface area contributed by atoms with E-state index in [-0.39, 0.29) is 0 Å². The summed E-state index contributed by atoms with van der Waals surface area (Å²) in [4.78, 5) is 4.22. The van der Waals surface area contributed by atoms with E-state index in [9.17, 15) is 5.26 Å². The minimum Gasteiger partial charge on any atom is -0.481 e. The summed E-state index contributed by atoms with van der Waals surface area (Å²) in [5.74, 6) is 0.935. The molecule has 5 nitrogen and oxygen atoms in total. The quantitative estimate of drug-likeness (QED) is 0.879. The van der Waals surface area contributed by atoms with Gasteiger partial charge in [-0.3, -0.25) is 0 Å². The first-order valence-electron chi connectivity index (χ1n) is 5.73. The van der Waals surface area contributed by atoms with Gasteiger partial charge >= 0.3 is 0 Å². The highest BCUT2D eigenvalue weighted by molar-refractivity contribution is 5.73. The van der Waals surface area contributed by atoms with Crippen LogP contribution in [-0.4, -0.2) is 12.1 Å². The van der Waals surface area contributed by atoms with Crippen LogP contribution in [0.2, 0.25) is 0 Å². The van der Waals surface area contributed by atoms with E-state index in [1.165, 1.54) is 7.11 Å². The van der Waals surface area contributed by atoms with Crippen LogP contribution in [0.5, 0.6) is 5.88 Å². The van der Waals surface area contributed by atoms with Crippen LogP contribution in [0.15, 0.2) is 30.3 Å². The Morgan fingerprint density at radius 3 is 2.79 bits per heavy atom. The second kappa shape index (κ2) is 5.27. The van der Waals surface area contributed by atoms with Crippen LogP contribution in [0.3, 0.4) is 0 Å². The molecular weight excluding hydrogens is 240 g/mol. The van der Waals surface area contributed by atoms with E-state index in [2.05, 4.69) is 16.4 Å². The Morgan fingerprint density at radius 1 is 1.32 bits per heavy atom. The summed E-state index contributed by atoms with van der Waals surface area (Å²) in [6.45, 7) is 1.88. The third kappa shape index (κ3) is 2.58. The minimum atomic E-state index is 0.461. The third-order valence-corrected chi connectivity index (χ3v) is 2.75. The Morgan fingerprint density at radius 2 is 2.11 bits per heavy atom. The molecule has 2 rings (SSSR count). The molecule has 2 aromatic rings. The predicted molar refractivity (Wildman–Crippen MR) is 74.4 cm³/mol. The molecule has 1 aromatic heterocycles. The fourth-order valence-corrected chi connectivity index (χ4v) is 1.71. The van der Waals surface area contributed by atoms with Crippen molar-refractivity contribution in [1.29, 1.82) is 5.26 Å². The Hall–Kier alpha value is -2.74. The first-order chi connectivity index (χ1) is 9.15. The number of ether oxygens (including phenoxy) is 1. The highest BCUT2D eigenvalue weighted by Crippen LogP contribution is 2.26. The Bertz CT molecular complexity index is 646. The number of rotatable bonds is 3. The molecule has 1 heterocycles. The maximum Gasteiger partial charge on any atom is 0.215 e. The van der Waals surface area contributed by atoms with Gasteiger partial charge in [0, 0.05) is 6.07 Å². The molecule has 0 amide bonds. The zero-order valence-corrected chi connectivity index (χ0v) is 10.8. The van der Waals surface area contributed by atoms with Gasteiger partial charge < -0.3 is 15.8 Å². The lowest BCUT2D eigenvalue weighted by molar-refractivity contribution is 0.398. The van der Waals surface area contributed by atoms with Crippen molar-refractivity contribution in [2.24, 2.45) is 0 Å². The number of benzene rings is 1. The standard InChI is InChI=1S/C14H14N4O/c1-9-4-3-5-12(10(9)8-15)17-14-11(16)6-7-13(18-14)19-2/h3-7H,16H2,1-2H3,(H,17,18). The van der Waals surface area contributed by atoms with Crippen LogP contribution in [0.25, 0.3) is 0 Å². The highest BCUT2D eigenvalue weighted by Gasteiger charge is 2.08. The van der Waals surface area contributed by atoms with Gasteiger partial charge in [-0.1, -0.05) is 12.1 Å². The number of nitrogens with zero attached hydrogens (tertiary/aromatic N) is 2. The van der Waals surface area contributed by atoms with Gasteiger partial charge in [0.2, 0.25) is 5.88 Å². The molecule has 0 aliphatic heterocycles. The molecule has 0 saturated heterocycles. The number of nitrogens with one attached hydrogen (secondary N) is 1. The molecule has 96 valence electrons. The molecule has 0 aliphatic carbocycles. The molecule has 19 heavy (non-hydrogen) atoms. The summed E-state index contributed by atoms with van der Waals surface area (Å²) in [6, 6.07) is 11.1. The number of pyridine rings is 1. The summed E-state index contributed by atoms with van der Waals surface area (Å²) >= 11 is 0. The van der Waals surface area contributed by atoms with Gasteiger partial charge in [0.25, 0.3) is 0 Å². The van der Waals surface area contributed by atoms with Gasteiger partial charge in [0.1, 0.15) is 6.07 Å². The van der Waals surface area contributed by atoms with Crippen LogP contribution in [0, 0.1) is 18.3 Å². The van der Waals surface area contributed by atoms with Gasteiger partial charge in [-0.15, -0.1) is 0 Å². The number of aromatic nitrogens is 1. The van der Waals surface area contributed by atoms with E-state index in [0.29, 0.717) is 28.6 Å². The predicted octanol–water partition coefficient (Wildman–Crippen LogP) is 2.60. The minimum absolute atomic E-state index is 0.461. The summed E-state index contributed by atoms with van der Waals surface area (Å²) in [5.41, 5.74) is 8.50. The van der Waals surface area contributed by atoms with Crippen molar-refractivity contribution < 1.29 is 4.74 Å². The van der Waals surface area contributed by atoms with Crippen LogP contribution in [0.4, 0.5) is 17.2 Å². The molecule has 0 saturated carbocycles. The molecule has 5 heteroatoms. The maximum atomic E-state index is 9.18. The number of aryl methyl sites for hydroxylation is 1. The van der Waals surface area contributed by atoms with E-state index in [0.717, 1.165) is 5.56 Å². The van der Waals surface area contributed by atoms with Crippen LogP contribution < -0.4 is 15.8 Å². The number of nitriles is 1.